The number of para-hydroxylation sites is 1. The maximum atomic E-state index is 12.7. The average molecular weight is 378 g/mol. The van der Waals surface area contributed by atoms with Crippen molar-refractivity contribution >= 4 is 34.4 Å². The highest BCUT2D eigenvalue weighted by atomic mass is 35.5. The lowest BCUT2D eigenvalue weighted by Crippen LogP contribution is -2.29. The molecule has 0 spiro atoms. The van der Waals surface area contributed by atoms with Crippen LogP contribution in [0.15, 0.2) is 67.0 Å². The standard InChI is InChI=1S/C20H16ClN5O/c1-25(15-10-6-3-7-11-15)16(27)12-26-13-22-17-18(21)23-19(24-20(17)26)14-8-4-2-5-9-14/h2-11,13H,12H2,1H3. The van der Waals surface area contributed by atoms with Crippen LogP contribution in [0.1, 0.15) is 0 Å². The van der Waals surface area contributed by atoms with Crippen LogP contribution in [0.25, 0.3) is 22.6 Å². The Hall–Kier alpha value is -3.25. The normalized spacial score (nSPS) is 10.9. The van der Waals surface area contributed by atoms with Gasteiger partial charge in [0.05, 0.1) is 6.33 Å². The van der Waals surface area contributed by atoms with Gasteiger partial charge in [-0.05, 0) is 12.1 Å². The minimum atomic E-state index is -0.0866. The molecule has 0 N–H and O–H groups in total. The predicted molar refractivity (Wildman–Crippen MR) is 106 cm³/mol. The smallest absolute Gasteiger partial charge is 0.246 e. The van der Waals surface area contributed by atoms with Crippen molar-refractivity contribution in [3.05, 3.63) is 72.1 Å². The first-order valence-electron chi connectivity index (χ1n) is 8.39. The molecule has 6 nitrogen and oxygen atoms in total. The van der Waals surface area contributed by atoms with Gasteiger partial charge in [-0.15, -0.1) is 0 Å². The molecular formula is C20H16ClN5O. The molecule has 0 saturated carbocycles. The van der Waals surface area contributed by atoms with Gasteiger partial charge in [0.1, 0.15) is 12.1 Å². The van der Waals surface area contributed by atoms with Gasteiger partial charge in [0.2, 0.25) is 5.91 Å². The van der Waals surface area contributed by atoms with Crippen LogP contribution in [0.3, 0.4) is 0 Å². The zero-order valence-electron chi connectivity index (χ0n) is 14.6. The molecule has 0 aliphatic rings. The van der Waals surface area contributed by atoms with Crippen LogP contribution in [0.5, 0.6) is 0 Å². The highest BCUT2D eigenvalue weighted by Crippen LogP contribution is 2.24. The first-order valence-corrected chi connectivity index (χ1v) is 8.76. The first-order chi connectivity index (χ1) is 13.1. The maximum absolute atomic E-state index is 12.7. The minimum Gasteiger partial charge on any atom is -0.314 e. The summed E-state index contributed by atoms with van der Waals surface area (Å²) in [7, 11) is 1.74. The summed E-state index contributed by atoms with van der Waals surface area (Å²) >= 11 is 6.30. The molecule has 4 aromatic rings. The first kappa shape index (κ1) is 17.2. The van der Waals surface area contributed by atoms with Gasteiger partial charge in [0.25, 0.3) is 0 Å². The molecule has 0 bridgehead atoms. The highest BCUT2D eigenvalue weighted by molar-refractivity contribution is 6.33. The third kappa shape index (κ3) is 3.39. The van der Waals surface area contributed by atoms with E-state index in [9.17, 15) is 4.79 Å². The Labute approximate surface area is 161 Å². The molecule has 7 heteroatoms. The number of aromatic nitrogens is 4. The van der Waals surface area contributed by atoms with Gasteiger partial charge in [0, 0.05) is 18.3 Å². The van der Waals surface area contributed by atoms with Crippen molar-refractivity contribution in [1.82, 2.24) is 19.5 Å². The fraction of sp³-hybridized carbons (Fsp3) is 0.100. The lowest BCUT2D eigenvalue weighted by atomic mass is 10.2. The van der Waals surface area contributed by atoms with E-state index in [1.165, 1.54) is 0 Å². The Kier molecular flexibility index (Phi) is 4.56. The van der Waals surface area contributed by atoms with E-state index in [0.717, 1.165) is 11.3 Å². The Morgan fingerprint density at radius 3 is 2.41 bits per heavy atom. The van der Waals surface area contributed by atoms with E-state index in [1.54, 1.807) is 22.8 Å². The lowest BCUT2D eigenvalue weighted by molar-refractivity contribution is -0.118. The molecule has 1 amide bonds. The average Bonchev–Trinajstić information content (AvgIpc) is 3.12. The summed E-state index contributed by atoms with van der Waals surface area (Å²) in [6, 6.07) is 19.0. The molecule has 27 heavy (non-hydrogen) atoms. The van der Waals surface area contributed by atoms with Gasteiger partial charge in [-0.1, -0.05) is 60.1 Å². The predicted octanol–water partition coefficient (Wildman–Crippen LogP) is 3.81. The number of imidazole rings is 1. The molecule has 0 saturated heterocycles. The van der Waals surface area contributed by atoms with Crippen molar-refractivity contribution in [3.8, 4) is 11.4 Å². The molecule has 2 aromatic carbocycles. The van der Waals surface area contributed by atoms with Crippen LogP contribution in [-0.4, -0.2) is 32.5 Å². The Morgan fingerprint density at radius 2 is 1.70 bits per heavy atom. The van der Waals surface area contributed by atoms with Crippen LogP contribution in [-0.2, 0) is 11.3 Å². The number of likely N-dealkylation sites (N-methyl/N-ethyl adjacent to an activating group) is 1. The largest absolute Gasteiger partial charge is 0.314 e. The monoisotopic (exact) mass is 377 g/mol. The Morgan fingerprint density at radius 1 is 1.04 bits per heavy atom. The summed E-state index contributed by atoms with van der Waals surface area (Å²) in [4.78, 5) is 27.5. The van der Waals surface area contributed by atoms with E-state index in [-0.39, 0.29) is 17.6 Å². The zero-order valence-corrected chi connectivity index (χ0v) is 15.3. The lowest BCUT2D eigenvalue weighted by Gasteiger charge is -2.17. The van der Waals surface area contributed by atoms with Crippen molar-refractivity contribution in [2.24, 2.45) is 0 Å². The Bertz CT molecular complexity index is 1100. The van der Waals surface area contributed by atoms with Gasteiger partial charge >= 0.3 is 0 Å². The van der Waals surface area contributed by atoms with E-state index in [2.05, 4.69) is 15.0 Å². The number of carbonyl (C=O) groups is 1. The van der Waals surface area contributed by atoms with Gasteiger partial charge in [0.15, 0.2) is 16.6 Å². The zero-order chi connectivity index (χ0) is 18.8. The molecule has 0 atom stereocenters. The number of amides is 1. The van der Waals surface area contributed by atoms with E-state index in [0.29, 0.717) is 17.0 Å². The van der Waals surface area contributed by atoms with E-state index in [1.807, 2.05) is 60.7 Å². The number of benzene rings is 2. The molecule has 4 rings (SSSR count). The fourth-order valence-electron chi connectivity index (χ4n) is 2.79. The second kappa shape index (κ2) is 7.17. The third-order valence-electron chi connectivity index (χ3n) is 4.28. The molecule has 0 radical (unpaired) electrons. The van der Waals surface area contributed by atoms with Crippen molar-refractivity contribution in [1.29, 1.82) is 0 Å². The van der Waals surface area contributed by atoms with Crippen LogP contribution in [0.2, 0.25) is 5.15 Å². The number of hydrogen-bond acceptors (Lipinski definition) is 4. The quantitative estimate of drug-likeness (QED) is 0.507. The second-order valence-corrected chi connectivity index (χ2v) is 6.40. The number of nitrogens with zero attached hydrogens (tertiary/aromatic N) is 5. The third-order valence-corrected chi connectivity index (χ3v) is 4.54. The summed E-state index contributed by atoms with van der Waals surface area (Å²) in [5, 5.41) is 0.265. The van der Waals surface area contributed by atoms with Crippen molar-refractivity contribution in [3.63, 3.8) is 0 Å². The van der Waals surface area contributed by atoms with Crippen molar-refractivity contribution < 1.29 is 4.79 Å². The summed E-state index contributed by atoms with van der Waals surface area (Å²) in [5.74, 6) is 0.412. The molecule has 0 aliphatic carbocycles. The fourth-order valence-corrected chi connectivity index (χ4v) is 3.00. The molecule has 0 fully saturated rings. The molecule has 0 aliphatic heterocycles. The SMILES string of the molecule is CN(C(=O)Cn1cnc2c(Cl)nc(-c3ccccc3)nc21)c1ccccc1. The van der Waals surface area contributed by atoms with Crippen LogP contribution in [0, 0.1) is 0 Å². The minimum absolute atomic E-state index is 0.0866. The number of halogens is 1. The summed E-state index contributed by atoms with van der Waals surface area (Å²) < 4.78 is 1.69. The van der Waals surface area contributed by atoms with Crippen LogP contribution in [0.4, 0.5) is 5.69 Å². The van der Waals surface area contributed by atoms with E-state index >= 15 is 0 Å². The van der Waals surface area contributed by atoms with E-state index < -0.39 is 0 Å². The second-order valence-electron chi connectivity index (χ2n) is 6.04. The number of rotatable bonds is 4. The van der Waals surface area contributed by atoms with Gasteiger partial charge in [-0.3, -0.25) is 4.79 Å². The highest BCUT2D eigenvalue weighted by Gasteiger charge is 2.17. The molecular weight excluding hydrogens is 362 g/mol. The number of carbonyl (C=O) groups excluding carboxylic acids is 1. The molecule has 134 valence electrons. The van der Waals surface area contributed by atoms with Crippen LogP contribution < -0.4 is 4.90 Å². The summed E-state index contributed by atoms with van der Waals surface area (Å²) in [6.07, 6.45) is 1.57. The topological polar surface area (TPSA) is 63.9 Å². The van der Waals surface area contributed by atoms with Gasteiger partial charge < -0.3 is 9.47 Å². The van der Waals surface area contributed by atoms with Gasteiger partial charge in [-0.2, -0.15) is 0 Å². The van der Waals surface area contributed by atoms with Crippen molar-refractivity contribution in [2.75, 3.05) is 11.9 Å². The number of anilines is 1. The summed E-state index contributed by atoms with van der Waals surface area (Å²) in [6.45, 7) is 0.101. The molecule has 2 aromatic heterocycles. The number of fused-ring (bicyclic) bond motifs is 1. The molecule has 0 unspecified atom stereocenters. The van der Waals surface area contributed by atoms with E-state index in [4.69, 9.17) is 11.6 Å². The van der Waals surface area contributed by atoms with Gasteiger partial charge in [-0.25, -0.2) is 15.0 Å². The van der Waals surface area contributed by atoms with Crippen LogP contribution >= 0.6 is 11.6 Å². The maximum Gasteiger partial charge on any atom is 0.246 e. The Balaban J connectivity index is 1.68. The number of hydrogen-bond donors (Lipinski definition) is 0. The van der Waals surface area contributed by atoms with Crippen molar-refractivity contribution in [2.45, 2.75) is 6.54 Å². The molecule has 2 heterocycles. The summed E-state index contributed by atoms with van der Waals surface area (Å²) in [5.41, 5.74) is 2.68.